The molecule has 1 amide bonds. The second-order valence-corrected chi connectivity index (χ2v) is 9.91. The number of nitrogens with zero attached hydrogens (tertiary/aromatic N) is 2. The van der Waals surface area contributed by atoms with Gasteiger partial charge in [0, 0.05) is 19.6 Å². The van der Waals surface area contributed by atoms with Gasteiger partial charge < -0.3 is 4.90 Å². The van der Waals surface area contributed by atoms with Crippen molar-refractivity contribution in [2.45, 2.75) is 38.6 Å². The first-order chi connectivity index (χ1) is 13.4. The van der Waals surface area contributed by atoms with Crippen molar-refractivity contribution in [1.82, 2.24) is 4.90 Å². The topological polar surface area (TPSA) is 57.7 Å². The fourth-order valence-corrected chi connectivity index (χ4v) is 4.27. The molecular formula is C21H26ClFN2O3S. The summed E-state index contributed by atoms with van der Waals surface area (Å²) < 4.78 is 40.3. The van der Waals surface area contributed by atoms with E-state index in [9.17, 15) is 17.6 Å². The van der Waals surface area contributed by atoms with Gasteiger partial charge in [-0.3, -0.25) is 9.10 Å². The minimum atomic E-state index is -3.97. The van der Waals surface area contributed by atoms with Crippen LogP contribution in [0.1, 0.15) is 38.1 Å². The van der Waals surface area contributed by atoms with Gasteiger partial charge in [0.15, 0.2) is 0 Å². The lowest BCUT2D eigenvalue weighted by Gasteiger charge is -2.29. The first-order valence-electron chi connectivity index (χ1n) is 9.30. The van der Waals surface area contributed by atoms with E-state index in [0.717, 1.165) is 4.31 Å². The summed E-state index contributed by atoms with van der Waals surface area (Å²) in [6.45, 7) is 8.33. The van der Waals surface area contributed by atoms with Gasteiger partial charge in [-0.1, -0.05) is 25.4 Å². The number of hydrogen-bond acceptors (Lipinski definition) is 3. The molecule has 0 bridgehead atoms. The normalized spacial score (nSPS) is 11.8. The average Bonchev–Trinajstić information content (AvgIpc) is 2.65. The maximum atomic E-state index is 13.2. The molecule has 2 aromatic carbocycles. The van der Waals surface area contributed by atoms with E-state index in [2.05, 4.69) is 0 Å². The number of halogens is 2. The van der Waals surface area contributed by atoms with Crippen LogP contribution in [0.5, 0.6) is 0 Å². The Morgan fingerprint density at radius 3 is 2.17 bits per heavy atom. The summed E-state index contributed by atoms with van der Waals surface area (Å²) in [7, 11) is -2.59. The van der Waals surface area contributed by atoms with Gasteiger partial charge >= 0.3 is 0 Å². The van der Waals surface area contributed by atoms with Gasteiger partial charge in [-0.15, -0.1) is 0 Å². The highest BCUT2D eigenvalue weighted by Gasteiger charge is 2.26. The SMILES string of the molecule is CC(C)CN(C(=O)c1cc(S(=O)(=O)N(C)c2ccc(F)cc2)ccc1Cl)C(C)C. The lowest BCUT2D eigenvalue weighted by Crippen LogP contribution is -2.39. The van der Waals surface area contributed by atoms with E-state index < -0.39 is 15.8 Å². The Balaban J connectivity index is 2.45. The molecule has 0 aliphatic heterocycles. The Bertz CT molecular complexity index is 976. The van der Waals surface area contributed by atoms with Crippen LogP contribution in [0.3, 0.4) is 0 Å². The van der Waals surface area contributed by atoms with Crippen LogP contribution in [0, 0.1) is 11.7 Å². The number of rotatable bonds is 7. The summed E-state index contributed by atoms with van der Waals surface area (Å²) in [4.78, 5) is 14.7. The van der Waals surface area contributed by atoms with Crippen molar-refractivity contribution in [1.29, 1.82) is 0 Å². The van der Waals surface area contributed by atoms with Crippen molar-refractivity contribution in [2.75, 3.05) is 17.9 Å². The number of anilines is 1. The van der Waals surface area contributed by atoms with Crippen LogP contribution in [-0.2, 0) is 10.0 Å². The average molecular weight is 441 g/mol. The van der Waals surface area contributed by atoms with E-state index in [0.29, 0.717) is 12.2 Å². The predicted molar refractivity (Wildman–Crippen MR) is 114 cm³/mol. The molecule has 0 radical (unpaired) electrons. The molecule has 8 heteroatoms. The van der Waals surface area contributed by atoms with E-state index in [4.69, 9.17) is 11.6 Å². The molecule has 2 aromatic rings. The highest BCUT2D eigenvalue weighted by atomic mass is 35.5. The Kier molecular flexibility index (Phi) is 7.30. The molecular weight excluding hydrogens is 415 g/mol. The molecule has 0 N–H and O–H groups in total. The fraction of sp³-hybridized carbons (Fsp3) is 0.381. The van der Waals surface area contributed by atoms with E-state index in [1.165, 1.54) is 49.5 Å². The summed E-state index contributed by atoms with van der Waals surface area (Å²) in [6, 6.07) is 9.12. The Morgan fingerprint density at radius 1 is 1.07 bits per heavy atom. The lowest BCUT2D eigenvalue weighted by molar-refractivity contribution is 0.0682. The summed E-state index contributed by atoms with van der Waals surface area (Å²) in [5, 5.41) is 0.188. The smallest absolute Gasteiger partial charge is 0.264 e. The summed E-state index contributed by atoms with van der Waals surface area (Å²) >= 11 is 6.24. The van der Waals surface area contributed by atoms with E-state index >= 15 is 0 Å². The maximum absolute atomic E-state index is 13.2. The third-order valence-corrected chi connectivity index (χ3v) is 6.57. The summed E-state index contributed by atoms with van der Waals surface area (Å²) in [6.07, 6.45) is 0. The Hall–Kier alpha value is -2.12. The van der Waals surface area contributed by atoms with Crippen LogP contribution in [0.2, 0.25) is 5.02 Å². The second kappa shape index (κ2) is 9.13. The predicted octanol–water partition coefficient (Wildman–Crippen LogP) is 4.81. The molecule has 0 aromatic heterocycles. The Morgan fingerprint density at radius 2 is 1.66 bits per heavy atom. The molecule has 0 atom stereocenters. The molecule has 2 rings (SSSR count). The van der Waals surface area contributed by atoms with Gasteiger partial charge in [-0.2, -0.15) is 0 Å². The van der Waals surface area contributed by atoms with Crippen LogP contribution < -0.4 is 4.31 Å². The van der Waals surface area contributed by atoms with Gasteiger partial charge in [0.05, 0.1) is 21.2 Å². The highest BCUT2D eigenvalue weighted by Crippen LogP contribution is 2.27. The van der Waals surface area contributed by atoms with Crippen LogP contribution in [-0.4, -0.2) is 38.9 Å². The molecule has 0 spiro atoms. The van der Waals surface area contributed by atoms with E-state index in [-0.39, 0.29) is 33.3 Å². The molecule has 0 unspecified atom stereocenters. The molecule has 0 fully saturated rings. The third-order valence-electron chi connectivity index (χ3n) is 4.46. The molecule has 0 heterocycles. The molecule has 0 aliphatic rings. The van der Waals surface area contributed by atoms with Crippen molar-refractivity contribution < 1.29 is 17.6 Å². The quantitative estimate of drug-likeness (QED) is 0.620. The minimum Gasteiger partial charge on any atom is -0.336 e. The van der Waals surface area contributed by atoms with Gasteiger partial charge in [0.25, 0.3) is 15.9 Å². The number of carbonyl (C=O) groups is 1. The van der Waals surface area contributed by atoms with Crippen LogP contribution >= 0.6 is 11.6 Å². The molecule has 0 aliphatic carbocycles. The second-order valence-electron chi connectivity index (χ2n) is 7.54. The zero-order valence-corrected chi connectivity index (χ0v) is 18.8. The molecule has 29 heavy (non-hydrogen) atoms. The van der Waals surface area contributed by atoms with Gasteiger partial charge in [0.1, 0.15) is 5.82 Å². The largest absolute Gasteiger partial charge is 0.336 e. The van der Waals surface area contributed by atoms with Crippen molar-refractivity contribution in [3.05, 3.63) is 58.9 Å². The van der Waals surface area contributed by atoms with Gasteiger partial charge in [-0.05, 0) is 62.2 Å². The van der Waals surface area contributed by atoms with Crippen LogP contribution in [0.25, 0.3) is 0 Å². The maximum Gasteiger partial charge on any atom is 0.264 e. The summed E-state index contributed by atoms with van der Waals surface area (Å²) in [5.41, 5.74) is 0.437. The molecule has 0 saturated carbocycles. The molecule has 0 saturated heterocycles. The third kappa shape index (κ3) is 5.28. The highest BCUT2D eigenvalue weighted by molar-refractivity contribution is 7.92. The number of benzene rings is 2. The monoisotopic (exact) mass is 440 g/mol. The lowest BCUT2D eigenvalue weighted by atomic mass is 10.1. The number of carbonyl (C=O) groups excluding carboxylic acids is 1. The van der Waals surface area contributed by atoms with E-state index in [1.54, 1.807) is 4.90 Å². The number of amides is 1. The number of sulfonamides is 1. The zero-order valence-electron chi connectivity index (χ0n) is 17.2. The standard InChI is InChI=1S/C21H26ClFN2O3S/c1-14(2)13-25(15(3)4)21(26)19-12-18(10-11-20(19)22)29(27,28)24(5)17-8-6-16(23)7-9-17/h6-12,14-15H,13H2,1-5H3. The van der Waals surface area contributed by atoms with Crippen molar-refractivity contribution in [3.8, 4) is 0 Å². The van der Waals surface area contributed by atoms with Crippen LogP contribution in [0.4, 0.5) is 10.1 Å². The first-order valence-corrected chi connectivity index (χ1v) is 11.1. The summed E-state index contributed by atoms with van der Waals surface area (Å²) in [5.74, 6) is -0.533. The van der Waals surface area contributed by atoms with Crippen molar-refractivity contribution in [2.24, 2.45) is 5.92 Å². The molecule has 158 valence electrons. The van der Waals surface area contributed by atoms with Gasteiger partial charge in [-0.25, -0.2) is 12.8 Å². The van der Waals surface area contributed by atoms with E-state index in [1.807, 2.05) is 27.7 Å². The van der Waals surface area contributed by atoms with Crippen LogP contribution in [0.15, 0.2) is 47.4 Å². The Labute approximate surface area is 177 Å². The minimum absolute atomic E-state index is 0.0645. The zero-order chi connectivity index (χ0) is 21.9. The van der Waals surface area contributed by atoms with Crippen molar-refractivity contribution >= 4 is 33.2 Å². The molecule has 5 nitrogen and oxygen atoms in total. The van der Waals surface area contributed by atoms with Gasteiger partial charge in [0.2, 0.25) is 0 Å². The first kappa shape index (κ1) is 23.2. The fourth-order valence-electron chi connectivity index (χ4n) is 2.85. The van der Waals surface area contributed by atoms with Crippen molar-refractivity contribution in [3.63, 3.8) is 0 Å². The number of hydrogen-bond donors (Lipinski definition) is 0.